The summed E-state index contributed by atoms with van der Waals surface area (Å²) in [5, 5.41) is 0. The van der Waals surface area contributed by atoms with Gasteiger partial charge in [-0.05, 0) is 32.1 Å². The van der Waals surface area contributed by atoms with Crippen molar-refractivity contribution in [1.29, 1.82) is 0 Å². The lowest BCUT2D eigenvalue weighted by molar-refractivity contribution is 0.240. The molecule has 4 heteroatoms. The van der Waals surface area contributed by atoms with E-state index in [1.165, 1.54) is 25.7 Å². The summed E-state index contributed by atoms with van der Waals surface area (Å²) in [7, 11) is 0. The Balaban J connectivity index is 2.41. The largest absolute Gasteiger partial charge is 0.342 e. The lowest BCUT2D eigenvalue weighted by Crippen LogP contribution is -2.47. The highest BCUT2D eigenvalue weighted by Crippen LogP contribution is 2.26. The molecule has 16 heavy (non-hydrogen) atoms. The number of hydrazine groups is 1. The van der Waals surface area contributed by atoms with Crippen molar-refractivity contribution in [2.24, 2.45) is 16.8 Å². The third-order valence-electron chi connectivity index (χ3n) is 3.29. The molecule has 0 aromatic heterocycles. The monoisotopic (exact) mass is 226 g/mol. The predicted molar refractivity (Wildman–Crippen MR) is 69.1 cm³/mol. The molecule has 1 aliphatic carbocycles. The summed E-state index contributed by atoms with van der Waals surface area (Å²) in [5.41, 5.74) is 2.74. The van der Waals surface area contributed by atoms with Crippen LogP contribution in [0.2, 0.25) is 0 Å². The van der Waals surface area contributed by atoms with Crippen LogP contribution in [-0.4, -0.2) is 30.5 Å². The molecular formula is C12H26N4. The van der Waals surface area contributed by atoms with E-state index in [2.05, 4.69) is 29.2 Å². The summed E-state index contributed by atoms with van der Waals surface area (Å²) in [6.07, 6.45) is 6.43. The summed E-state index contributed by atoms with van der Waals surface area (Å²) in [6, 6.07) is 0. The van der Waals surface area contributed by atoms with E-state index in [0.717, 1.165) is 37.9 Å². The van der Waals surface area contributed by atoms with Crippen LogP contribution in [0.15, 0.2) is 4.99 Å². The lowest BCUT2D eigenvalue weighted by atomic mass is 9.85. The second-order valence-corrected chi connectivity index (χ2v) is 4.54. The van der Waals surface area contributed by atoms with Gasteiger partial charge in [0, 0.05) is 19.6 Å². The van der Waals surface area contributed by atoms with Gasteiger partial charge in [-0.25, -0.2) is 5.84 Å². The Labute approximate surface area is 99.3 Å². The number of hydrogen-bond acceptors (Lipinski definition) is 2. The molecular weight excluding hydrogens is 200 g/mol. The van der Waals surface area contributed by atoms with Gasteiger partial charge >= 0.3 is 0 Å². The molecule has 94 valence electrons. The number of nitrogens with one attached hydrogen (secondary N) is 1. The summed E-state index contributed by atoms with van der Waals surface area (Å²) < 4.78 is 0. The maximum Gasteiger partial charge on any atom is 0.208 e. The highest BCUT2D eigenvalue weighted by molar-refractivity contribution is 5.79. The molecule has 1 fully saturated rings. The number of nitrogens with zero attached hydrogens (tertiary/aromatic N) is 2. The van der Waals surface area contributed by atoms with Crippen molar-refractivity contribution in [3.63, 3.8) is 0 Å². The fraction of sp³-hybridized carbons (Fsp3) is 0.917. The highest BCUT2D eigenvalue weighted by Gasteiger charge is 2.21. The minimum Gasteiger partial charge on any atom is -0.342 e. The predicted octanol–water partition coefficient (Wildman–Crippen LogP) is 1.73. The number of hydrogen-bond donors (Lipinski definition) is 2. The van der Waals surface area contributed by atoms with Crippen LogP contribution in [0.25, 0.3) is 0 Å². The van der Waals surface area contributed by atoms with Crippen LogP contribution in [0, 0.1) is 5.92 Å². The van der Waals surface area contributed by atoms with Crippen LogP contribution < -0.4 is 11.3 Å². The first-order chi connectivity index (χ1) is 7.81. The molecule has 0 unspecified atom stereocenters. The van der Waals surface area contributed by atoms with Crippen LogP contribution in [0.5, 0.6) is 0 Å². The molecule has 0 spiro atoms. The quantitative estimate of drug-likeness (QED) is 0.238. The molecule has 1 rings (SSSR count). The Morgan fingerprint density at radius 3 is 2.62 bits per heavy atom. The van der Waals surface area contributed by atoms with Crippen molar-refractivity contribution >= 4 is 5.96 Å². The number of unbranched alkanes of at least 4 members (excludes halogenated alkanes) is 1. The van der Waals surface area contributed by atoms with Crippen molar-refractivity contribution in [3.8, 4) is 0 Å². The van der Waals surface area contributed by atoms with Crippen molar-refractivity contribution in [2.75, 3.05) is 19.6 Å². The molecule has 3 N–H and O–H groups in total. The summed E-state index contributed by atoms with van der Waals surface area (Å²) >= 11 is 0. The van der Waals surface area contributed by atoms with E-state index in [1.807, 2.05) is 0 Å². The zero-order valence-corrected chi connectivity index (χ0v) is 10.7. The minimum absolute atomic E-state index is 0.852. The van der Waals surface area contributed by atoms with Gasteiger partial charge in [-0.1, -0.05) is 19.8 Å². The average Bonchev–Trinajstić information content (AvgIpc) is 2.25. The van der Waals surface area contributed by atoms with Gasteiger partial charge in [0.2, 0.25) is 5.96 Å². The summed E-state index contributed by atoms with van der Waals surface area (Å²) in [5.74, 6) is 7.26. The van der Waals surface area contributed by atoms with E-state index >= 15 is 0 Å². The van der Waals surface area contributed by atoms with Gasteiger partial charge in [0.05, 0.1) is 0 Å². The fourth-order valence-corrected chi connectivity index (χ4v) is 1.93. The molecule has 0 saturated heterocycles. The average molecular weight is 226 g/mol. The Bertz CT molecular complexity index is 211. The smallest absolute Gasteiger partial charge is 0.208 e. The number of guanidine groups is 1. The maximum atomic E-state index is 5.54. The number of aliphatic imine (C=N–C) groups is 1. The molecule has 0 atom stereocenters. The second kappa shape index (κ2) is 7.49. The van der Waals surface area contributed by atoms with Crippen molar-refractivity contribution in [1.82, 2.24) is 10.3 Å². The van der Waals surface area contributed by atoms with Crippen molar-refractivity contribution < 1.29 is 0 Å². The first kappa shape index (κ1) is 13.3. The topological polar surface area (TPSA) is 53.6 Å². The van der Waals surface area contributed by atoms with E-state index in [-0.39, 0.29) is 0 Å². The number of rotatable bonds is 6. The molecule has 0 aliphatic heterocycles. The fourth-order valence-electron chi connectivity index (χ4n) is 1.93. The third kappa shape index (κ3) is 4.00. The van der Waals surface area contributed by atoms with Gasteiger partial charge in [-0.3, -0.25) is 10.4 Å². The molecule has 0 amide bonds. The molecule has 0 aromatic carbocycles. The standard InChI is InChI=1S/C12H26N4/c1-3-5-9-14-12(15-13)16(4-2)10-11-7-6-8-11/h11H,3-10,13H2,1-2H3,(H,14,15). The van der Waals surface area contributed by atoms with E-state index < -0.39 is 0 Å². The first-order valence-electron chi connectivity index (χ1n) is 6.57. The normalized spacial score (nSPS) is 17.1. The molecule has 4 nitrogen and oxygen atoms in total. The Morgan fingerprint density at radius 1 is 1.44 bits per heavy atom. The Kier molecular flexibility index (Phi) is 6.23. The Morgan fingerprint density at radius 2 is 2.19 bits per heavy atom. The molecule has 0 bridgehead atoms. The SMILES string of the molecule is CCCCN=C(NN)N(CC)CC1CCC1. The lowest BCUT2D eigenvalue weighted by Gasteiger charge is -2.33. The highest BCUT2D eigenvalue weighted by atomic mass is 15.4. The van der Waals surface area contributed by atoms with E-state index in [4.69, 9.17) is 5.84 Å². The van der Waals surface area contributed by atoms with Gasteiger partial charge < -0.3 is 4.90 Å². The zero-order valence-electron chi connectivity index (χ0n) is 10.7. The van der Waals surface area contributed by atoms with Gasteiger partial charge in [0.1, 0.15) is 0 Å². The van der Waals surface area contributed by atoms with Crippen molar-refractivity contribution in [3.05, 3.63) is 0 Å². The van der Waals surface area contributed by atoms with Crippen LogP contribution >= 0.6 is 0 Å². The third-order valence-corrected chi connectivity index (χ3v) is 3.29. The Hall–Kier alpha value is -0.770. The second-order valence-electron chi connectivity index (χ2n) is 4.54. The molecule has 1 saturated carbocycles. The first-order valence-corrected chi connectivity index (χ1v) is 6.57. The van der Waals surface area contributed by atoms with Crippen LogP contribution in [0.1, 0.15) is 46.0 Å². The van der Waals surface area contributed by atoms with Crippen LogP contribution in [0.4, 0.5) is 0 Å². The van der Waals surface area contributed by atoms with E-state index in [9.17, 15) is 0 Å². The van der Waals surface area contributed by atoms with Gasteiger partial charge in [0.15, 0.2) is 0 Å². The van der Waals surface area contributed by atoms with Crippen molar-refractivity contribution in [2.45, 2.75) is 46.0 Å². The van der Waals surface area contributed by atoms with E-state index in [1.54, 1.807) is 0 Å². The summed E-state index contributed by atoms with van der Waals surface area (Å²) in [4.78, 5) is 6.78. The van der Waals surface area contributed by atoms with Crippen LogP contribution in [-0.2, 0) is 0 Å². The molecule has 0 heterocycles. The number of nitrogens with two attached hydrogens (primary N) is 1. The maximum absolute atomic E-state index is 5.54. The zero-order chi connectivity index (χ0) is 11.8. The molecule has 0 radical (unpaired) electrons. The van der Waals surface area contributed by atoms with Gasteiger partial charge in [-0.2, -0.15) is 0 Å². The van der Waals surface area contributed by atoms with Crippen LogP contribution in [0.3, 0.4) is 0 Å². The van der Waals surface area contributed by atoms with E-state index in [0.29, 0.717) is 0 Å². The summed E-state index contributed by atoms with van der Waals surface area (Å²) in [6.45, 7) is 7.29. The van der Waals surface area contributed by atoms with Gasteiger partial charge in [-0.15, -0.1) is 0 Å². The molecule has 1 aliphatic rings. The minimum atomic E-state index is 0.852. The molecule has 0 aromatic rings. The van der Waals surface area contributed by atoms with Gasteiger partial charge in [0.25, 0.3) is 0 Å².